The molecule has 1 aromatic rings. The van der Waals surface area contributed by atoms with Crippen molar-refractivity contribution in [1.82, 2.24) is 9.55 Å². The van der Waals surface area contributed by atoms with Crippen molar-refractivity contribution in [2.24, 2.45) is 0 Å². The number of aliphatic hydroxyl groups is 2. The molecule has 0 saturated carbocycles. The maximum Gasteiger partial charge on any atom is 0.481 e. The number of carbonyl (C=O) groups excluding carboxylic acids is 2. The zero-order chi connectivity index (χ0) is 51.3. The predicted octanol–water partition coefficient (Wildman–Crippen LogP) is 10.3. The van der Waals surface area contributed by atoms with Gasteiger partial charge in [-0.2, -0.15) is 9.29 Å². The number of phosphoric acid groups is 2. The van der Waals surface area contributed by atoms with Crippen LogP contribution < -0.4 is 11.4 Å². The van der Waals surface area contributed by atoms with E-state index in [9.17, 15) is 43.5 Å². The molecule has 1 aliphatic rings. The number of hydrogen-bond donors (Lipinski definition) is 5. The number of nitrogens with two attached hydrogens (primary N) is 1. The zero-order valence-corrected chi connectivity index (χ0v) is 43.3. The third-order valence-electron chi connectivity index (χ3n) is 11.1. The van der Waals surface area contributed by atoms with Crippen molar-refractivity contribution in [3.63, 3.8) is 0 Å². The monoisotopic (exact) mass is 1030 g/mol. The number of carbonyl (C=O) groups is 2. The van der Waals surface area contributed by atoms with Crippen LogP contribution >= 0.6 is 15.6 Å². The van der Waals surface area contributed by atoms with E-state index >= 15 is 0 Å². The fourth-order valence-corrected chi connectivity index (χ4v) is 9.29. The summed E-state index contributed by atoms with van der Waals surface area (Å²) in [6.45, 7) is 2.05. The number of phosphoric ester groups is 2. The molecule has 1 aliphatic heterocycles. The fraction of sp³-hybridized carbons (Fsp3) is 0.680. The maximum atomic E-state index is 12.8. The summed E-state index contributed by atoms with van der Waals surface area (Å²) in [5.41, 5.74) is 4.58. The Morgan fingerprint density at radius 1 is 0.686 bits per heavy atom. The highest BCUT2D eigenvalue weighted by molar-refractivity contribution is 7.61. The second-order valence-corrected chi connectivity index (χ2v) is 20.4. The molecule has 0 amide bonds. The van der Waals surface area contributed by atoms with Crippen LogP contribution in [0.3, 0.4) is 0 Å². The van der Waals surface area contributed by atoms with E-state index in [1.165, 1.54) is 76.7 Å². The summed E-state index contributed by atoms with van der Waals surface area (Å²) in [4.78, 5) is 61.8. The molecule has 70 heavy (non-hydrogen) atoms. The van der Waals surface area contributed by atoms with E-state index in [2.05, 4.69) is 65.7 Å². The lowest BCUT2D eigenvalue weighted by molar-refractivity contribution is -0.161. The molecular weight excluding hydrogens is 945 g/mol. The number of rotatable bonds is 41. The van der Waals surface area contributed by atoms with Crippen LogP contribution in [0.1, 0.15) is 174 Å². The lowest BCUT2D eigenvalue weighted by atomic mass is 10.0. The molecule has 6 N–H and O–H groups in total. The van der Waals surface area contributed by atoms with Gasteiger partial charge in [0, 0.05) is 19.0 Å². The molecule has 18 nitrogen and oxygen atoms in total. The number of unbranched alkanes of at least 4 members (excludes halogenated alkanes) is 15. The van der Waals surface area contributed by atoms with Gasteiger partial charge in [-0.25, -0.2) is 13.9 Å². The van der Waals surface area contributed by atoms with E-state index in [-0.39, 0.29) is 18.7 Å². The van der Waals surface area contributed by atoms with Gasteiger partial charge in [0.05, 0.1) is 13.2 Å². The summed E-state index contributed by atoms with van der Waals surface area (Å²) in [7, 11) is -10.9. The number of ether oxygens (including phenoxy) is 3. The SMILES string of the molecule is CCCCC/C=C\C/C=C\C/C=C\C/C=C\C/C=C\CCC(=O)O[C@H](COC(=O)CCCCCCCCCCCCCCC)COP(=O)(O)OP(=O)(O)OC[C@H]1O[C@@H](n2ccc(N)nc2=O)C(O)[C@H]1O. The summed E-state index contributed by atoms with van der Waals surface area (Å²) in [5, 5.41) is 20.9. The van der Waals surface area contributed by atoms with Gasteiger partial charge in [-0.3, -0.25) is 23.2 Å². The molecule has 1 aromatic heterocycles. The minimum Gasteiger partial charge on any atom is -0.462 e. The smallest absolute Gasteiger partial charge is 0.462 e. The Hall–Kier alpha value is -3.54. The molecule has 0 aromatic carbocycles. The van der Waals surface area contributed by atoms with Gasteiger partial charge in [0.2, 0.25) is 0 Å². The van der Waals surface area contributed by atoms with Gasteiger partial charge in [-0.05, 0) is 57.4 Å². The first-order chi connectivity index (χ1) is 33.7. The third kappa shape index (κ3) is 30.4. The molecule has 1 fully saturated rings. The second-order valence-electron chi connectivity index (χ2n) is 17.3. The molecule has 0 radical (unpaired) electrons. The number of allylic oxidation sites excluding steroid dienone is 10. The Morgan fingerprint density at radius 3 is 1.74 bits per heavy atom. The van der Waals surface area contributed by atoms with E-state index in [0.29, 0.717) is 19.3 Å². The summed E-state index contributed by atoms with van der Waals surface area (Å²) in [6, 6.07) is 1.24. The fourth-order valence-electron chi connectivity index (χ4n) is 7.18. The number of aromatic nitrogens is 2. The van der Waals surface area contributed by atoms with Crippen LogP contribution in [0.2, 0.25) is 0 Å². The lowest BCUT2D eigenvalue weighted by Crippen LogP contribution is -2.36. The second kappa shape index (κ2) is 38.1. The molecule has 7 atom stereocenters. The average molecular weight is 1030 g/mol. The molecule has 2 heterocycles. The molecule has 0 aliphatic carbocycles. The summed E-state index contributed by atoms with van der Waals surface area (Å²) < 4.78 is 56.7. The highest BCUT2D eigenvalue weighted by Gasteiger charge is 2.46. The number of hydrogen-bond acceptors (Lipinski definition) is 15. The van der Waals surface area contributed by atoms with E-state index < -0.39 is 83.7 Å². The Kier molecular flexibility index (Phi) is 34.1. The largest absolute Gasteiger partial charge is 0.481 e. The van der Waals surface area contributed by atoms with E-state index in [1.54, 1.807) is 0 Å². The molecule has 1 saturated heterocycles. The Morgan fingerprint density at radius 2 is 1.19 bits per heavy atom. The average Bonchev–Trinajstić information content (AvgIpc) is 3.59. The summed E-state index contributed by atoms with van der Waals surface area (Å²) in [6.07, 6.45) is 37.5. The first-order valence-electron chi connectivity index (χ1n) is 25.3. The van der Waals surface area contributed by atoms with Gasteiger partial charge >= 0.3 is 33.3 Å². The normalized spacial score (nSPS) is 19.7. The van der Waals surface area contributed by atoms with Gasteiger partial charge < -0.3 is 39.9 Å². The molecule has 398 valence electrons. The van der Waals surface area contributed by atoms with Gasteiger partial charge in [0.25, 0.3) is 0 Å². The predicted molar refractivity (Wildman–Crippen MR) is 270 cm³/mol. The molecular formula is C50H83N3O15P2. The van der Waals surface area contributed by atoms with Crippen LogP contribution in [0.5, 0.6) is 0 Å². The number of aliphatic hydroxyl groups excluding tert-OH is 2. The minimum atomic E-state index is -5.44. The first-order valence-corrected chi connectivity index (χ1v) is 28.3. The van der Waals surface area contributed by atoms with Crippen molar-refractivity contribution in [2.45, 2.75) is 199 Å². The van der Waals surface area contributed by atoms with E-state index in [0.717, 1.165) is 62.1 Å². The van der Waals surface area contributed by atoms with Gasteiger partial charge in [-0.1, -0.05) is 164 Å². The van der Waals surface area contributed by atoms with E-state index in [1.807, 2.05) is 18.2 Å². The van der Waals surface area contributed by atoms with Crippen LogP contribution in [-0.2, 0) is 46.3 Å². The maximum absolute atomic E-state index is 12.8. The van der Waals surface area contributed by atoms with Crippen LogP contribution in [0.15, 0.2) is 77.8 Å². The van der Waals surface area contributed by atoms with Gasteiger partial charge in [0.15, 0.2) is 12.3 Å². The van der Waals surface area contributed by atoms with Crippen LogP contribution in [-0.4, -0.2) is 85.7 Å². The van der Waals surface area contributed by atoms with E-state index in [4.69, 9.17) is 29.0 Å². The highest BCUT2D eigenvalue weighted by atomic mass is 31.3. The standard InChI is InChI=1S/C50H83N3O15P2/c1-3-5-7-9-11-13-15-17-18-19-20-21-22-24-26-28-30-32-34-36-46(55)66-42(39-63-45(54)35-33-31-29-27-25-23-16-14-12-10-8-6-4-2)40-64-69(59,60)68-70(61,62)65-41-43-47(56)48(57)49(67-43)53-38-37-44(51)52-50(53)58/h11,13,17-18,20-21,24,26,30,32,37-38,42-43,47-49,56-57H,3-10,12,14-16,19,22-23,25,27-29,31,33-36,39-41H2,1-2H3,(H,59,60)(H,61,62)(H2,51,52,58)/b13-11-,18-17-,21-20-,26-24-,32-30-/t42-,43-,47+,48?,49-/m1/s1. The molecule has 2 rings (SSSR count). The first kappa shape index (κ1) is 62.6. The lowest BCUT2D eigenvalue weighted by Gasteiger charge is -2.21. The van der Waals surface area contributed by atoms with Crippen LogP contribution in [0, 0.1) is 0 Å². The van der Waals surface area contributed by atoms with Gasteiger partial charge in [0.1, 0.15) is 30.7 Å². The Labute approximate surface area is 415 Å². The number of esters is 2. The molecule has 0 bridgehead atoms. The summed E-state index contributed by atoms with van der Waals surface area (Å²) in [5.74, 6) is -1.39. The van der Waals surface area contributed by atoms with Crippen molar-refractivity contribution < 1.29 is 66.3 Å². The van der Waals surface area contributed by atoms with Crippen molar-refractivity contribution in [2.75, 3.05) is 25.6 Å². The number of anilines is 1. The molecule has 3 unspecified atom stereocenters. The minimum absolute atomic E-state index is 0.0738. The van der Waals surface area contributed by atoms with Crippen molar-refractivity contribution in [3.05, 3.63) is 83.5 Å². The molecule has 20 heteroatoms. The molecule has 0 spiro atoms. The third-order valence-corrected chi connectivity index (χ3v) is 13.7. The van der Waals surface area contributed by atoms with Crippen LogP contribution in [0.25, 0.3) is 0 Å². The van der Waals surface area contributed by atoms with Gasteiger partial charge in [-0.15, -0.1) is 0 Å². The Bertz CT molecular complexity index is 1910. The number of nitrogen functional groups attached to an aromatic ring is 1. The van der Waals surface area contributed by atoms with Crippen LogP contribution in [0.4, 0.5) is 5.82 Å². The van der Waals surface area contributed by atoms with Crippen molar-refractivity contribution in [3.8, 4) is 0 Å². The van der Waals surface area contributed by atoms with Crippen molar-refractivity contribution in [1.29, 1.82) is 0 Å². The van der Waals surface area contributed by atoms with Crippen molar-refractivity contribution >= 4 is 33.4 Å². The quantitative estimate of drug-likeness (QED) is 0.0177. The Balaban J connectivity index is 1.84. The highest BCUT2D eigenvalue weighted by Crippen LogP contribution is 2.60. The zero-order valence-electron chi connectivity index (χ0n) is 41.6. The topological polar surface area (TPSA) is 265 Å². The summed E-state index contributed by atoms with van der Waals surface area (Å²) >= 11 is 0. The number of nitrogens with zero attached hydrogens (tertiary/aromatic N) is 2.